The Morgan fingerprint density at radius 3 is 2.18 bits per heavy atom. The lowest BCUT2D eigenvalue weighted by Gasteiger charge is -2.33. The number of nitrogens with one attached hydrogen (secondary N) is 1. The normalized spacial score (nSPS) is 15.2. The van der Waals surface area contributed by atoms with Gasteiger partial charge in [-0.3, -0.25) is 13.9 Å². The number of rotatable bonds is 3. The molecule has 1 saturated heterocycles. The van der Waals surface area contributed by atoms with Crippen molar-refractivity contribution in [1.82, 2.24) is 28.3 Å². The molecule has 0 unspecified atom stereocenters. The van der Waals surface area contributed by atoms with E-state index >= 15 is 0 Å². The number of carbonyl (C=O) groups is 1. The number of benzene rings is 1. The molecule has 1 aliphatic heterocycles. The first-order chi connectivity index (χ1) is 15.5. The van der Waals surface area contributed by atoms with Gasteiger partial charge in [0.15, 0.2) is 11.2 Å². The Balaban J connectivity index is 1.88. The van der Waals surface area contributed by atoms with Crippen LogP contribution < -0.4 is 20.9 Å². The molecule has 1 fully saturated rings. The van der Waals surface area contributed by atoms with Gasteiger partial charge in [0, 0.05) is 40.3 Å². The highest BCUT2D eigenvalue weighted by Gasteiger charge is 2.30. The lowest BCUT2D eigenvalue weighted by Crippen LogP contribution is -2.47. The summed E-state index contributed by atoms with van der Waals surface area (Å²) < 4.78 is 30.7. The van der Waals surface area contributed by atoms with Crippen molar-refractivity contribution in [2.75, 3.05) is 38.1 Å². The smallest absolute Gasteiger partial charge is 0.339 e. The van der Waals surface area contributed by atoms with Gasteiger partial charge in [-0.25, -0.2) is 27.3 Å². The standard InChI is InChI=1S/C20H25N7O5S/c1-13-5-7-14(8-6-13)33(31,32)22-19(29)27-15-16(24(3)20(30)25(4)17(15)28)21-18(27)26-11-9-23(2)10-12-26/h5-8H,9-12H2,1-4H3,(H,22,29). The lowest BCUT2D eigenvalue weighted by molar-refractivity contribution is 0.247. The molecule has 0 atom stereocenters. The van der Waals surface area contributed by atoms with Crippen LogP contribution in [0.5, 0.6) is 0 Å². The van der Waals surface area contributed by atoms with Crippen molar-refractivity contribution < 1.29 is 13.2 Å². The summed E-state index contributed by atoms with van der Waals surface area (Å²) in [4.78, 5) is 46.9. The Morgan fingerprint density at radius 2 is 1.58 bits per heavy atom. The van der Waals surface area contributed by atoms with Gasteiger partial charge in [0.25, 0.3) is 15.6 Å². The second-order valence-corrected chi connectivity index (χ2v) is 9.82. The topological polar surface area (TPSA) is 132 Å². The van der Waals surface area contributed by atoms with Crippen LogP contribution in [0.1, 0.15) is 5.56 Å². The Hall–Kier alpha value is -3.45. The fourth-order valence-electron chi connectivity index (χ4n) is 3.73. The summed E-state index contributed by atoms with van der Waals surface area (Å²) in [5.41, 5.74) is -0.661. The predicted octanol–water partition coefficient (Wildman–Crippen LogP) is -0.559. The Morgan fingerprint density at radius 1 is 0.970 bits per heavy atom. The van der Waals surface area contributed by atoms with Crippen LogP contribution in [0.2, 0.25) is 0 Å². The van der Waals surface area contributed by atoms with E-state index in [2.05, 4.69) is 9.88 Å². The fraction of sp³-hybridized carbons (Fsp3) is 0.400. The van der Waals surface area contributed by atoms with Gasteiger partial charge >= 0.3 is 11.7 Å². The second-order valence-electron chi connectivity index (χ2n) is 8.14. The molecule has 0 saturated carbocycles. The summed E-state index contributed by atoms with van der Waals surface area (Å²) in [5.74, 6) is 0.105. The molecular weight excluding hydrogens is 450 g/mol. The highest BCUT2D eigenvalue weighted by Crippen LogP contribution is 2.21. The quantitative estimate of drug-likeness (QED) is 0.533. The van der Waals surface area contributed by atoms with Crippen molar-refractivity contribution in [2.24, 2.45) is 14.1 Å². The average molecular weight is 476 g/mol. The van der Waals surface area contributed by atoms with Gasteiger partial charge in [0.2, 0.25) is 5.95 Å². The molecule has 0 radical (unpaired) electrons. The largest absolute Gasteiger partial charge is 0.343 e. The third-order valence-corrected chi connectivity index (χ3v) is 7.12. The summed E-state index contributed by atoms with van der Waals surface area (Å²) in [6.45, 7) is 4.19. The Labute approximate surface area is 189 Å². The number of fused-ring (bicyclic) bond motifs is 1. The number of sulfonamides is 1. The minimum absolute atomic E-state index is 0.0000816. The van der Waals surface area contributed by atoms with Crippen molar-refractivity contribution in [3.8, 4) is 0 Å². The summed E-state index contributed by atoms with van der Waals surface area (Å²) in [7, 11) is 0.468. The molecule has 2 aromatic heterocycles. The number of hydrogen-bond acceptors (Lipinski definition) is 8. The summed E-state index contributed by atoms with van der Waals surface area (Å²) in [5, 5.41) is 0. The number of carbonyl (C=O) groups excluding carboxylic acids is 1. The first kappa shape index (κ1) is 22.7. The summed E-state index contributed by atoms with van der Waals surface area (Å²) >= 11 is 0. The van der Waals surface area contributed by atoms with Gasteiger partial charge < -0.3 is 9.80 Å². The molecule has 33 heavy (non-hydrogen) atoms. The van der Waals surface area contributed by atoms with Crippen molar-refractivity contribution >= 4 is 33.2 Å². The minimum atomic E-state index is -4.22. The average Bonchev–Trinajstić information content (AvgIpc) is 3.18. The van der Waals surface area contributed by atoms with E-state index in [4.69, 9.17) is 0 Å². The number of amides is 1. The van der Waals surface area contributed by atoms with E-state index in [1.54, 1.807) is 17.0 Å². The van der Waals surface area contributed by atoms with Gasteiger partial charge in [-0.05, 0) is 26.1 Å². The number of likely N-dealkylation sites (N-methyl/N-ethyl adjacent to an activating group) is 1. The van der Waals surface area contributed by atoms with Crippen molar-refractivity contribution in [1.29, 1.82) is 0 Å². The fourth-order valence-corrected chi connectivity index (χ4v) is 4.67. The van der Waals surface area contributed by atoms with Crippen molar-refractivity contribution in [2.45, 2.75) is 11.8 Å². The molecule has 0 spiro atoms. The van der Waals surface area contributed by atoms with E-state index < -0.39 is 27.3 Å². The van der Waals surface area contributed by atoms with Crippen LogP contribution in [-0.4, -0.2) is 71.3 Å². The number of imidazole rings is 1. The highest BCUT2D eigenvalue weighted by molar-refractivity contribution is 7.90. The van der Waals surface area contributed by atoms with E-state index in [-0.39, 0.29) is 22.0 Å². The summed E-state index contributed by atoms with van der Waals surface area (Å²) in [6, 6.07) is 4.96. The molecule has 12 nitrogen and oxygen atoms in total. The van der Waals surface area contributed by atoms with Gasteiger partial charge in [-0.1, -0.05) is 17.7 Å². The molecule has 1 aromatic carbocycles. The molecule has 0 aliphatic carbocycles. The van der Waals surface area contributed by atoms with Crippen LogP contribution in [0.15, 0.2) is 38.8 Å². The van der Waals surface area contributed by atoms with Crippen LogP contribution >= 0.6 is 0 Å². The number of aryl methyl sites for hydroxylation is 2. The van der Waals surface area contributed by atoms with Gasteiger partial charge in [-0.2, -0.15) is 4.98 Å². The molecule has 1 aliphatic rings. The zero-order valence-corrected chi connectivity index (χ0v) is 19.6. The first-order valence-electron chi connectivity index (χ1n) is 10.3. The number of nitrogens with zero attached hydrogens (tertiary/aromatic N) is 6. The van der Waals surface area contributed by atoms with Crippen LogP contribution in [0.3, 0.4) is 0 Å². The van der Waals surface area contributed by atoms with Gasteiger partial charge in [0.05, 0.1) is 4.90 Å². The molecule has 3 heterocycles. The maximum Gasteiger partial charge on any atom is 0.343 e. The molecule has 176 valence electrons. The van der Waals surface area contributed by atoms with E-state index in [1.807, 2.05) is 18.7 Å². The van der Waals surface area contributed by atoms with Crippen molar-refractivity contribution in [3.63, 3.8) is 0 Å². The monoisotopic (exact) mass is 475 g/mol. The number of anilines is 1. The minimum Gasteiger partial charge on any atom is -0.339 e. The first-order valence-corrected chi connectivity index (χ1v) is 11.8. The van der Waals surface area contributed by atoms with Crippen LogP contribution in [0, 0.1) is 6.92 Å². The third kappa shape index (κ3) is 3.93. The molecule has 3 aromatic rings. The van der Waals surface area contributed by atoms with Crippen LogP contribution in [-0.2, 0) is 24.1 Å². The zero-order chi connectivity index (χ0) is 24.1. The third-order valence-electron chi connectivity index (χ3n) is 5.78. The van der Waals surface area contributed by atoms with Gasteiger partial charge in [-0.15, -0.1) is 0 Å². The molecule has 4 rings (SSSR count). The van der Waals surface area contributed by atoms with E-state index in [0.717, 1.165) is 19.3 Å². The SMILES string of the molecule is Cc1ccc(S(=O)(=O)NC(=O)n2c(N3CCN(C)CC3)nc3c2c(=O)n(C)c(=O)n3C)cc1. The maximum atomic E-state index is 13.3. The molecular formula is C20H25N7O5S. The molecule has 13 heteroatoms. The predicted molar refractivity (Wildman–Crippen MR) is 122 cm³/mol. The molecule has 1 N–H and O–H groups in total. The lowest BCUT2D eigenvalue weighted by atomic mass is 10.2. The van der Waals surface area contributed by atoms with Crippen LogP contribution in [0.4, 0.5) is 10.7 Å². The second kappa shape index (κ2) is 8.15. The number of hydrogen-bond donors (Lipinski definition) is 1. The Bertz CT molecular complexity index is 1460. The Kier molecular flexibility index (Phi) is 5.62. The maximum absolute atomic E-state index is 13.3. The zero-order valence-electron chi connectivity index (χ0n) is 18.8. The summed E-state index contributed by atoms with van der Waals surface area (Å²) in [6.07, 6.45) is 0. The van der Waals surface area contributed by atoms with Crippen molar-refractivity contribution in [3.05, 3.63) is 50.7 Å². The van der Waals surface area contributed by atoms with E-state index in [9.17, 15) is 22.8 Å². The van der Waals surface area contributed by atoms with E-state index in [0.29, 0.717) is 26.2 Å². The number of aromatic nitrogens is 4. The highest BCUT2D eigenvalue weighted by atomic mass is 32.2. The van der Waals surface area contributed by atoms with Crippen LogP contribution in [0.25, 0.3) is 11.2 Å². The molecule has 0 bridgehead atoms. The van der Waals surface area contributed by atoms with Gasteiger partial charge in [0.1, 0.15) is 0 Å². The molecule has 1 amide bonds. The van der Waals surface area contributed by atoms with E-state index in [1.165, 1.54) is 26.2 Å². The number of piperazine rings is 1.